The first-order chi connectivity index (χ1) is 10.7. The van der Waals surface area contributed by atoms with Crippen molar-refractivity contribution in [3.8, 4) is 0 Å². The molecule has 4 nitrogen and oxygen atoms in total. The zero-order chi connectivity index (χ0) is 17.3. The summed E-state index contributed by atoms with van der Waals surface area (Å²) < 4.78 is 0. The average Bonchev–Trinajstić information content (AvgIpc) is 2.48. The SMILES string of the molecule is Cc1ccc(Sc2c(Cl)c(Cl)c(C(=O)O)c(C(=O)O)c2Cl)cc1. The molecule has 0 radical (unpaired) electrons. The van der Waals surface area contributed by atoms with Gasteiger partial charge in [-0.05, 0) is 19.1 Å². The van der Waals surface area contributed by atoms with Gasteiger partial charge in [-0.2, -0.15) is 0 Å². The highest BCUT2D eigenvalue weighted by molar-refractivity contribution is 7.99. The minimum Gasteiger partial charge on any atom is -0.478 e. The molecule has 0 unspecified atom stereocenters. The summed E-state index contributed by atoms with van der Waals surface area (Å²) in [4.78, 5) is 23.6. The number of carboxylic acids is 2. The summed E-state index contributed by atoms with van der Waals surface area (Å²) in [6, 6.07) is 7.36. The molecule has 0 heterocycles. The average molecular weight is 392 g/mol. The summed E-state index contributed by atoms with van der Waals surface area (Å²) in [6.07, 6.45) is 0. The Kier molecular flexibility index (Phi) is 5.47. The zero-order valence-corrected chi connectivity index (χ0v) is 14.6. The highest BCUT2D eigenvalue weighted by Gasteiger charge is 2.29. The van der Waals surface area contributed by atoms with Crippen LogP contribution in [0.1, 0.15) is 26.3 Å². The van der Waals surface area contributed by atoms with Gasteiger partial charge in [0.25, 0.3) is 0 Å². The molecule has 0 saturated carbocycles. The first-order valence-corrected chi connectivity index (χ1v) is 8.10. The van der Waals surface area contributed by atoms with Crippen LogP contribution in [-0.2, 0) is 0 Å². The van der Waals surface area contributed by atoms with E-state index >= 15 is 0 Å². The highest BCUT2D eigenvalue weighted by Crippen LogP contribution is 2.46. The summed E-state index contributed by atoms with van der Waals surface area (Å²) >= 11 is 19.3. The molecule has 2 N–H and O–H groups in total. The summed E-state index contributed by atoms with van der Waals surface area (Å²) in [5.74, 6) is -3.00. The predicted molar refractivity (Wildman–Crippen MR) is 90.7 cm³/mol. The smallest absolute Gasteiger partial charge is 0.338 e. The lowest BCUT2D eigenvalue weighted by Gasteiger charge is -2.14. The van der Waals surface area contributed by atoms with E-state index in [0.717, 1.165) is 22.2 Å². The van der Waals surface area contributed by atoms with E-state index < -0.39 is 23.1 Å². The van der Waals surface area contributed by atoms with Crippen molar-refractivity contribution in [1.29, 1.82) is 0 Å². The van der Waals surface area contributed by atoms with Crippen LogP contribution in [0.3, 0.4) is 0 Å². The molecule has 0 bridgehead atoms. The normalized spacial score (nSPS) is 10.6. The Hall–Kier alpha value is -1.40. The number of halogens is 3. The maximum atomic E-state index is 11.4. The fraction of sp³-hybridized carbons (Fsp3) is 0.0667. The molecule has 0 aliphatic carbocycles. The highest BCUT2D eigenvalue weighted by atomic mass is 35.5. The molecule has 2 aromatic carbocycles. The van der Waals surface area contributed by atoms with Crippen LogP contribution in [0.25, 0.3) is 0 Å². The summed E-state index contributed by atoms with van der Waals surface area (Å²) in [5, 5.41) is 17.8. The lowest BCUT2D eigenvalue weighted by molar-refractivity contribution is 0.0651. The van der Waals surface area contributed by atoms with E-state index in [0.29, 0.717) is 0 Å². The summed E-state index contributed by atoms with van der Waals surface area (Å²) in [7, 11) is 0. The number of hydrogen-bond donors (Lipinski definition) is 2. The molecule has 0 aromatic heterocycles. The molecule has 2 rings (SSSR count). The Morgan fingerprint density at radius 2 is 1.35 bits per heavy atom. The third-order valence-electron chi connectivity index (χ3n) is 2.95. The minimum atomic E-state index is -1.51. The Balaban J connectivity index is 2.67. The monoisotopic (exact) mass is 390 g/mol. The van der Waals surface area contributed by atoms with E-state index in [9.17, 15) is 19.8 Å². The van der Waals surface area contributed by atoms with E-state index in [1.807, 2.05) is 31.2 Å². The molecule has 0 fully saturated rings. The van der Waals surface area contributed by atoms with Crippen LogP contribution >= 0.6 is 46.6 Å². The second-order valence-corrected chi connectivity index (χ2v) is 6.76. The van der Waals surface area contributed by atoms with Gasteiger partial charge in [-0.1, -0.05) is 64.3 Å². The second-order valence-electron chi connectivity index (χ2n) is 4.55. The number of aryl methyl sites for hydroxylation is 1. The van der Waals surface area contributed by atoms with E-state index in [1.165, 1.54) is 0 Å². The molecule has 0 aliphatic rings. The Bertz CT molecular complexity index is 804. The van der Waals surface area contributed by atoms with Crippen molar-refractivity contribution < 1.29 is 19.8 Å². The van der Waals surface area contributed by atoms with Crippen LogP contribution in [0, 0.1) is 6.92 Å². The van der Waals surface area contributed by atoms with E-state index in [4.69, 9.17) is 34.8 Å². The maximum absolute atomic E-state index is 11.4. The zero-order valence-electron chi connectivity index (χ0n) is 11.6. The number of carboxylic acid groups (broad SMARTS) is 2. The molecule has 0 saturated heterocycles. The number of hydrogen-bond acceptors (Lipinski definition) is 3. The predicted octanol–water partition coefficient (Wildman–Crippen LogP) is 5.50. The van der Waals surface area contributed by atoms with Crippen molar-refractivity contribution in [3.05, 3.63) is 56.0 Å². The molecule has 8 heteroatoms. The molecular formula is C15H9Cl3O4S. The second kappa shape index (κ2) is 7.01. The number of carbonyl (C=O) groups is 2. The van der Waals surface area contributed by atoms with Gasteiger partial charge in [0, 0.05) is 4.90 Å². The van der Waals surface area contributed by atoms with Crippen LogP contribution in [0.5, 0.6) is 0 Å². The van der Waals surface area contributed by atoms with Gasteiger partial charge in [0.05, 0.1) is 31.1 Å². The van der Waals surface area contributed by atoms with Crippen LogP contribution in [0.2, 0.25) is 15.1 Å². The van der Waals surface area contributed by atoms with Gasteiger partial charge in [-0.3, -0.25) is 0 Å². The van der Waals surface area contributed by atoms with Crippen molar-refractivity contribution >= 4 is 58.5 Å². The molecule has 0 amide bonds. The van der Waals surface area contributed by atoms with Crippen LogP contribution in [0.4, 0.5) is 0 Å². The lowest BCUT2D eigenvalue weighted by atomic mass is 10.1. The Morgan fingerprint density at radius 1 is 0.870 bits per heavy atom. The maximum Gasteiger partial charge on any atom is 0.338 e. The largest absolute Gasteiger partial charge is 0.478 e. The number of benzene rings is 2. The Morgan fingerprint density at radius 3 is 1.83 bits per heavy atom. The third-order valence-corrected chi connectivity index (χ3v) is 5.52. The van der Waals surface area contributed by atoms with Crippen molar-refractivity contribution in [2.75, 3.05) is 0 Å². The van der Waals surface area contributed by atoms with Gasteiger partial charge in [-0.25, -0.2) is 9.59 Å². The van der Waals surface area contributed by atoms with E-state index in [1.54, 1.807) is 0 Å². The fourth-order valence-corrected chi connectivity index (χ4v) is 3.81. The van der Waals surface area contributed by atoms with Gasteiger partial charge in [-0.15, -0.1) is 0 Å². The van der Waals surface area contributed by atoms with Crippen molar-refractivity contribution in [1.82, 2.24) is 0 Å². The van der Waals surface area contributed by atoms with Crippen molar-refractivity contribution in [2.24, 2.45) is 0 Å². The fourth-order valence-electron chi connectivity index (χ4n) is 1.85. The molecule has 2 aromatic rings. The number of aromatic carboxylic acids is 2. The van der Waals surface area contributed by atoms with E-state index in [2.05, 4.69) is 0 Å². The Labute approximate surface area is 151 Å². The van der Waals surface area contributed by atoms with Crippen LogP contribution in [0.15, 0.2) is 34.1 Å². The van der Waals surface area contributed by atoms with Crippen LogP contribution in [-0.4, -0.2) is 22.2 Å². The summed E-state index contributed by atoms with van der Waals surface area (Å²) in [6.45, 7) is 1.93. The van der Waals surface area contributed by atoms with Gasteiger partial charge in [0.2, 0.25) is 0 Å². The molecule has 0 aliphatic heterocycles. The lowest BCUT2D eigenvalue weighted by Crippen LogP contribution is -2.11. The first kappa shape index (κ1) is 17.9. The van der Waals surface area contributed by atoms with Gasteiger partial charge < -0.3 is 10.2 Å². The van der Waals surface area contributed by atoms with Crippen LogP contribution < -0.4 is 0 Å². The number of rotatable bonds is 4. The third kappa shape index (κ3) is 3.58. The van der Waals surface area contributed by atoms with Gasteiger partial charge in [0.1, 0.15) is 0 Å². The standard InChI is InChI=1S/C15H9Cl3O4S/c1-6-2-4-7(5-3-6)23-13-11(17)9(15(21)22)8(14(19)20)10(16)12(13)18/h2-5H,1H3,(H,19,20)(H,21,22). The quantitative estimate of drug-likeness (QED) is 0.673. The van der Waals surface area contributed by atoms with Crippen molar-refractivity contribution in [2.45, 2.75) is 16.7 Å². The molecule has 120 valence electrons. The summed E-state index contributed by atoms with van der Waals surface area (Å²) in [5.41, 5.74) is -0.150. The molecule has 23 heavy (non-hydrogen) atoms. The first-order valence-electron chi connectivity index (χ1n) is 6.15. The molecule has 0 atom stereocenters. The van der Waals surface area contributed by atoms with Gasteiger partial charge in [0.15, 0.2) is 0 Å². The molecule has 0 spiro atoms. The minimum absolute atomic E-state index is 0.0929. The molecular weight excluding hydrogens is 383 g/mol. The van der Waals surface area contributed by atoms with Crippen molar-refractivity contribution in [3.63, 3.8) is 0 Å². The van der Waals surface area contributed by atoms with E-state index in [-0.39, 0.29) is 20.0 Å². The topological polar surface area (TPSA) is 74.6 Å². The van der Waals surface area contributed by atoms with Gasteiger partial charge >= 0.3 is 11.9 Å².